The second kappa shape index (κ2) is 5.60. The Morgan fingerprint density at radius 1 is 0.955 bits per heavy atom. The van der Waals surface area contributed by atoms with Crippen molar-refractivity contribution in [2.75, 3.05) is 19.0 Å². The average Bonchev–Trinajstić information content (AvgIpc) is 2.86. The van der Waals surface area contributed by atoms with E-state index in [0.717, 1.165) is 28.6 Å². The quantitative estimate of drug-likeness (QED) is 0.745. The van der Waals surface area contributed by atoms with Crippen LogP contribution in [0.4, 0.5) is 5.82 Å². The van der Waals surface area contributed by atoms with Gasteiger partial charge in [-0.05, 0) is 19.9 Å². The molecular weight excluding hydrogens is 274 g/mol. The van der Waals surface area contributed by atoms with Gasteiger partial charge in [-0.3, -0.25) is 0 Å². The molecule has 0 N–H and O–H groups in total. The van der Waals surface area contributed by atoms with Crippen LogP contribution in [0.25, 0.3) is 17.2 Å². The predicted octanol–water partition coefficient (Wildman–Crippen LogP) is 3.01. The molecule has 0 aliphatic heterocycles. The van der Waals surface area contributed by atoms with E-state index in [-0.39, 0.29) is 0 Å². The van der Waals surface area contributed by atoms with E-state index in [1.807, 2.05) is 80.0 Å². The molecule has 0 bridgehead atoms. The van der Waals surface area contributed by atoms with Gasteiger partial charge in [0, 0.05) is 31.4 Å². The van der Waals surface area contributed by atoms with Gasteiger partial charge in [0.25, 0.3) is 0 Å². The first-order valence-electron chi connectivity index (χ1n) is 7.20. The molecule has 0 atom stereocenters. The summed E-state index contributed by atoms with van der Waals surface area (Å²) in [4.78, 5) is 11.3. The van der Waals surface area contributed by atoms with Crippen molar-refractivity contribution in [3.8, 4) is 17.2 Å². The van der Waals surface area contributed by atoms with Crippen LogP contribution in [0.15, 0.2) is 42.5 Å². The molecule has 5 heteroatoms. The van der Waals surface area contributed by atoms with Gasteiger partial charge in [-0.25, -0.2) is 14.6 Å². The molecule has 0 fully saturated rings. The lowest BCUT2D eigenvalue weighted by molar-refractivity contribution is 0.800. The molecule has 0 amide bonds. The second-order valence-corrected chi connectivity index (χ2v) is 5.51. The highest BCUT2D eigenvalue weighted by Gasteiger charge is 2.12. The summed E-state index contributed by atoms with van der Waals surface area (Å²) >= 11 is 0. The van der Waals surface area contributed by atoms with Crippen molar-refractivity contribution in [3.63, 3.8) is 0 Å². The van der Waals surface area contributed by atoms with Gasteiger partial charge in [0.2, 0.25) is 0 Å². The van der Waals surface area contributed by atoms with E-state index < -0.39 is 0 Å². The Kier molecular flexibility index (Phi) is 3.63. The van der Waals surface area contributed by atoms with Gasteiger partial charge in [0.05, 0.1) is 5.69 Å². The molecule has 0 saturated carbocycles. The minimum Gasteiger partial charge on any atom is -0.363 e. The molecule has 2 heterocycles. The zero-order valence-electron chi connectivity index (χ0n) is 13.3. The first kappa shape index (κ1) is 14.3. The summed E-state index contributed by atoms with van der Waals surface area (Å²) in [6.07, 6.45) is 0. The van der Waals surface area contributed by atoms with Gasteiger partial charge in [-0.1, -0.05) is 30.3 Å². The Hall–Kier alpha value is -2.69. The highest BCUT2D eigenvalue weighted by Crippen LogP contribution is 2.21. The average molecular weight is 293 g/mol. The molecule has 3 aromatic rings. The molecule has 0 saturated heterocycles. The van der Waals surface area contributed by atoms with Gasteiger partial charge in [-0.2, -0.15) is 5.10 Å². The number of hydrogen-bond donors (Lipinski definition) is 0. The molecular formula is C17H19N5. The van der Waals surface area contributed by atoms with Crippen molar-refractivity contribution >= 4 is 5.82 Å². The molecule has 3 rings (SSSR count). The van der Waals surface area contributed by atoms with E-state index in [1.54, 1.807) is 0 Å². The van der Waals surface area contributed by atoms with Gasteiger partial charge in [0.1, 0.15) is 5.82 Å². The van der Waals surface area contributed by atoms with Crippen molar-refractivity contribution in [2.45, 2.75) is 13.8 Å². The maximum absolute atomic E-state index is 4.69. The number of anilines is 1. The van der Waals surface area contributed by atoms with E-state index in [1.165, 1.54) is 0 Å². The molecule has 0 aliphatic carbocycles. The lowest BCUT2D eigenvalue weighted by Crippen LogP contribution is -2.14. The van der Waals surface area contributed by atoms with Crippen LogP contribution in [0.3, 0.4) is 0 Å². The van der Waals surface area contributed by atoms with Crippen LogP contribution in [-0.4, -0.2) is 33.8 Å². The Labute approximate surface area is 130 Å². The smallest absolute Gasteiger partial charge is 0.163 e. The van der Waals surface area contributed by atoms with Crippen molar-refractivity contribution in [2.24, 2.45) is 0 Å². The third-order valence-electron chi connectivity index (χ3n) is 3.42. The normalized spacial score (nSPS) is 10.7. The Morgan fingerprint density at radius 2 is 1.68 bits per heavy atom. The fraction of sp³-hybridized carbons (Fsp3) is 0.235. The molecule has 0 radical (unpaired) electrons. The minimum atomic E-state index is 0.703. The van der Waals surface area contributed by atoms with Gasteiger partial charge in [-0.15, -0.1) is 0 Å². The van der Waals surface area contributed by atoms with Gasteiger partial charge >= 0.3 is 0 Å². The maximum atomic E-state index is 4.69. The first-order chi connectivity index (χ1) is 10.5. The molecule has 2 aromatic heterocycles. The van der Waals surface area contributed by atoms with Gasteiger partial charge < -0.3 is 4.90 Å². The summed E-state index contributed by atoms with van der Waals surface area (Å²) < 4.78 is 1.86. The van der Waals surface area contributed by atoms with Crippen molar-refractivity contribution in [1.29, 1.82) is 0 Å². The van der Waals surface area contributed by atoms with E-state index >= 15 is 0 Å². The number of benzene rings is 1. The fourth-order valence-electron chi connectivity index (χ4n) is 2.34. The van der Waals surface area contributed by atoms with E-state index in [2.05, 4.69) is 10.1 Å². The van der Waals surface area contributed by atoms with Crippen LogP contribution in [0.2, 0.25) is 0 Å². The largest absolute Gasteiger partial charge is 0.363 e. The summed E-state index contributed by atoms with van der Waals surface area (Å²) in [7, 11) is 3.95. The minimum absolute atomic E-state index is 0.703. The summed E-state index contributed by atoms with van der Waals surface area (Å²) in [5, 5.41) is 4.52. The number of hydrogen-bond acceptors (Lipinski definition) is 4. The first-order valence-corrected chi connectivity index (χ1v) is 7.20. The molecule has 22 heavy (non-hydrogen) atoms. The van der Waals surface area contributed by atoms with Crippen molar-refractivity contribution in [1.82, 2.24) is 19.7 Å². The highest BCUT2D eigenvalue weighted by atomic mass is 15.3. The molecule has 0 aliphatic rings. The fourth-order valence-corrected chi connectivity index (χ4v) is 2.34. The van der Waals surface area contributed by atoms with Crippen molar-refractivity contribution in [3.05, 3.63) is 53.9 Å². The monoisotopic (exact) mass is 293 g/mol. The molecule has 0 unspecified atom stereocenters. The summed E-state index contributed by atoms with van der Waals surface area (Å²) in [6.45, 7) is 4.01. The zero-order chi connectivity index (χ0) is 15.7. The van der Waals surface area contributed by atoms with Crippen molar-refractivity contribution < 1.29 is 0 Å². The zero-order valence-corrected chi connectivity index (χ0v) is 13.3. The standard InChI is InChI=1S/C17H19N5/c1-12-10-13(2)22(20-12)16-11-15(21(3)4)18-17(19-16)14-8-6-5-7-9-14/h5-11H,1-4H3. The lowest BCUT2D eigenvalue weighted by Gasteiger charge is -2.14. The Bertz CT molecular complexity index is 790. The topological polar surface area (TPSA) is 46.8 Å². The lowest BCUT2D eigenvalue weighted by atomic mass is 10.2. The maximum Gasteiger partial charge on any atom is 0.163 e. The second-order valence-electron chi connectivity index (χ2n) is 5.51. The Balaban J connectivity index is 2.19. The third kappa shape index (κ3) is 2.70. The molecule has 5 nitrogen and oxygen atoms in total. The summed E-state index contributed by atoms with van der Waals surface area (Å²) in [5.74, 6) is 2.34. The van der Waals surface area contributed by atoms with Crippen LogP contribution in [0.5, 0.6) is 0 Å². The van der Waals surface area contributed by atoms with Crippen LogP contribution in [0.1, 0.15) is 11.4 Å². The number of aryl methyl sites for hydroxylation is 2. The summed E-state index contributed by atoms with van der Waals surface area (Å²) in [6, 6.07) is 14.0. The SMILES string of the molecule is Cc1cc(C)n(-c2cc(N(C)C)nc(-c3ccccc3)n2)n1. The molecule has 0 spiro atoms. The van der Waals surface area contributed by atoms with E-state index in [4.69, 9.17) is 4.98 Å². The number of aromatic nitrogens is 4. The van der Waals surface area contributed by atoms with E-state index in [9.17, 15) is 0 Å². The highest BCUT2D eigenvalue weighted by molar-refractivity contribution is 5.59. The molecule has 1 aromatic carbocycles. The summed E-state index contributed by atoms with van der Waals surface area (Å²) in [5.41, 5.74) is 3.03. The predicted molar refractivity (Wildman–Crippen MR) is 88.4 cm³/mol. The van der Waals surface area contributed by atoms with E-state index in [0.29, 0.717) is 5.82 Å². The third-order valence-corrected chi connectivity index (χ3v) is 3.42. The van der Waals surface area contributed by atoms with Crippen LogP contribution < -0.4 is 4.90 Å². The van der Waals surface area contributed by atoms with Gasteiger partial charge in [0.15, 0.2) is 11.6 Å². The molecule has 112 valence electrons. The van der Waals surface area contributed by atoms with Crippen LogP contribution in [0, 0.1) is 13.8 Å². The number of nitrogens with zero attached hydrogens (tertiary/aromatic N) is 5. The number of rotatable bonds is 3. The Morgan fingerprint density at radius 3 is 2.27 bits per heavy atom. The van der Waals surface area contributed by atoms with Crippen LogP contribution in [-0.2, 0) is 0 Å². The van der Waals surface area contributed by atoms with Crippen LogP contribution >= 0.6 is 0 Å².